The van der Waals surface area contributed by atoms with Gasteiger partial charge in [0, 0.05) is 6.54 Å². The highest BCUT2D eigenvalue weighted by atomic mass is 32.2. The standard InChI is InChI=1S/C18H32N2O5S/c1-6-7-9-12(14(26-5)15(21)19-24)16(22)20-11-8-10-13(20)17(23)25-18(2,3)4/h12-14,24H,6-11H2,1-5H3,(H,19,21)/t12-,13+,14-/m1/s1. The Morgan fingerprint density at radius 2 is 2.00 bits per heavy atom. The Kier molecular flexibility index (Phi) is 8.89. The highest BCUT2D eigenvalue weighted by Gasteiger charge is 2.42. The van der Waals surface area contributed by atoms with Crippen molar-refractivity contribution in [3.8, 4) is 0 Å². The van der Waals surface area contributed by atoms with Crippen LogP contribution in [0.4, 0.5) is 0 Å². The third-order valence-corrected chi connectivity index (χ3v) is 5.44. The number of likely N-dealkylation sites (tertiary alicyclic amines) is 1. The van der Waals surface area contributed by atoms with E-state index in [1.54, 1.807) is 37.4 Å². The van der Waals surface area contributed by atoms with Crippen LogP contribution in [0.25, 0.3) is 0 Å². The number of rotatable bonds is 8. The Balaban J connectivity index is 3.00. The SMILES string of the molecule is CCCC[C@@H](C(=O)N1CCC[C@H]1C(=O)OC(C)(C)C)[C@@H](SC)C(=O)NO. The maximum absolute atomic E-state index is 13.2. The third-order valence-electron chi connectivity index (χ3n) is 4.39. The summed E-state index contributed by atoms with van der Waals surface area (Å²) in [5, 5.41) is 8.32. The van der Waals surface area contributed by atoms with Gasteiger partial charge >= 0.3 is 5.97 Å². The van der Waals surface area contributed by atoms with Crippen molar-refractivity contribution in [1.82, 2.24) is 10.4 Å². The number of ether oxygens (including phenoxy) is 1. The predicted octanol–water partition coefficient (Wildman–Crippen LogP) is 2.36. The fraction of sp³-hybridized carbons (Fsp3) is 0.833. The number of unbranched alkanes of at least 4 members (excludes halogenated alkanes) is 1. The molecule has 0 aromatic rings. The topological polar surface area (TPSA) is 95.9 Å². The summed E-state index contributed by atoms with van der Waals surface area (Å²) in [6.45, 7) is 7.89. The monoisotopic (exact) mass is 388 g/mol. The summed E-state index contributed by atoms with van der Waals surface area (Å²) in [5.41, 5.74) is 1.04. The van der Waals surface area contributed by atoms with Crippen LogP contribution in [0.3, 0.4) is 0 Å². The van der Waals surface area contributed by atoms with Crippen LogP contribution in [0, 0.1) is 5.92 Å². The van der Waals surface area contributed by atoms with E-state index in [1.807, 2.05) is 6.92 Å². The lowest BCUT2D eigenvalue weighted by molar-refractivity contribution is -0.164. The normalized spacial score (nSPS) is 19.8. The summed E-state index contributed by atoms with van der Waals surface area (Å²) >= 11 is 1.23. The molecule has 7 nitrogen and oxygen atoms in total. The Hall–Kier alpha value is -1.28. The number of hydrogen-bond donors (Lipinski definition) is 2. The molecule has 0 unspecified atom stereocenters. The highest BCUT2D eigenvalue weighted by Crippen LogP contribution is 2.29. The minimum atomic E-state index is -0.695. The van der Waals surface area contributed by atoms with Crippen molar-refractivity contribution in [3.05, 3.63) is 0 Å². The summed E-state index contributed by atoms with van der Waals surface area (Å²) in [7, 11) is 0. The average molecular weight is 389 g/mol. The van der Waals surface area contributed by atoms with Crippen LogP contribution in [0.15, 0.2) is 0 Å². The van der Waals surface area contributed by atoms with Crippen LogP contribution < -0.4 is 5.48 Å². The molecule has 1 heterocycles. The van der Waals surface area contributed by atoms with Gasteiger partial charge in [-0.2, -0.15) is 11.8 Å². The van der Waals surface area contributed by atoms with Gasteiger partial charge in [0.1, 0.15) is 11.6 Å². The molecule has 0 aromatic heterocycles. The van der Waals surface area contributed by atoms with Crippen LogP contribution in [0.5, 0.6) is 0 Å². The van der Waals surface area contributed by atoms with Crippen molar-refractivity contribution in [2.75, 3.05) is 12.8 Å². The van der Waals surface area contributed by atoms with E-state index in [0.29, 0.717) is 19.4 Å². The quantitative estimate of drug-likeness (QED) is 0.376. The Morgan fingerprint density at radius 3 is 2.50 bits per heavy atom. The van der Waals surface area contributed by atoms with Crippen molar-refractivity contribution < 1.29 is 24.3 Å². The van der Waals surface area contributed by atoms with Crippen LogP contribution in [0.1, 0.15) is 59.8 Å². The number of esters is 1. The van der Waals surface area contributed by atoms with Gasteiger partial charge in [-0.1, -0.05) is 19.8 Å². The van der Waals surface area contributed by atoms with E-state index < -0.39 is 34.7 Å². The molecule has 1 saturated heterocycles. The van der Waals surface area contributed by atoms with Gasteiger partial charge in [0.2, 0.25) is 5.91 Å². The summed E-state index contributed by atoms with van der Waals surface area (Å²) < 4.78 is 5.46. The molecule has 3 atom stereocenters. The van der Waals surface area contributed by atoms with E-state index in [4.69, 9.17) is 9.94 Å². The van der Waals surface area contributed by atoms with Crippen LogP contribution in [-0.4, -0.2) is 57.6 Å². The summed E-state index contributed by atoms with van der Waals surface area (Å²) in [5.74, 6) is -1.78. The largest absolute Gasteiger partial charge is 0.458 e. The first-order valence-electron chi connectivity index (χ1n) is 9.16. The molecule has 0 bridgehead atoms. The maximum atomic E-state index is 13.2. The molecule has 2 N–H and O–H groups in total. The highest BCUT2D eigenvalue weighted by molar-refractivity contribution is 8.00. The first kappa shape index (κ1) is 22.8. The smallest absolute Gasteiger partial charge is 0.329 e. The Bertz CT molecular complexity index is 506. The minimum absolute atomic E-state index is 0.213. The molecular formula is C18H32N2O5S. The number of amides is 2. The lowest BCUT2D eigenvalue weighted by Gasteiger charge is -2.32. The van der Waals surface area contributed by atoms with Crippen molar-refractivity contribution in [1.29, 1.82) is 0 Å². The fourth-order valence-corrected chi connectivity index (χ4v) is 4.05. The van der Waals surface area contributed by atoms with Gasteiger partial charge in [0.15, 0.2) is 0 Å². The molecule has 0 aromatic carbocycles. The van der Waals surface area contributed by atoms with Crippen LogP contribution >= 0.6 is 11.8 Å². The van der Waals surface area contributed by atoms with E-state index in [9.17, 15) is 14.4 Å². The van der Waals surface area contributed by atoms with Crippen molar-refractivity contribution >= 4 is 29.5 Å². The summed E-state index contributed by atoms with van der Waals surface area (Å²) in [4.78, 5) is 39.3. The molecule has 26 heavy (non-hydrogen) atoms. The second-order valence-corrected chi connectivity index (χ2v) is 8.58. The molecule has 1 aliphatic heterocycles. The predicted molar refractivity (Wildman–Crippen MR) is 101 cm³/mol. The number of hydroxylamine groups is 1. The van der Waals surface area contributed by atoms with Crippen LogP contribution in [0.2, 0.25) is 0 Å². The number of carbonyl (C=O) groups is 3. The molecule has 0 spiro atoms. The molecule has 0 saturated carbocycles. The van der Waals surface area contributed by atoms with Gasteiger partial charge in [0.25, 0.3) is 5.91 Å². The first-order chi connectivity index (χ1) is 12.2. The molecular weight excluding hydrogens is 356 g/mol. The van der Waals surface area contributed by atoms with Crippen LogP contribution in [-0.2, 0) is 19.1 Å². The van der Waals surface area contributed by atoms with E-state index in [1.165, 1.54) is 11.8 Å². The van der Waals surface area contributed by atoms with Gasteiger partial charge in [-0.25, -0.2) is 10.3 Å². The van der Waals surface area contributed by atoms with Gasteiger partial charge in [-0.05, 0) is 46.3 Å². The molecule has 0 radical (unpaired) electrons. The maximum Gasteiger partial charge on any atom is 0.329 e. The molecule has 1 aliphatic rings. The molecule has 2 amide bonds. The first-order valence-corrected chi connectivity index (χ1v) is 10.4. The molecule has 1 fully saturated rings. The zero-order valence-corrected chi connectivity index (χ0v) is 17.2. The Morgan fingerprint density at radius 1 is 1.35 bits per heavy atom. The molecule has 150 valence electrons. The third kappa shape index (κ3) is 6.16. The zero-order valence-electron chi connectivity index (χ0n) is 16.4. The number of nitrogens with zero attached hydrogens (tertiary/aromatic N) is 1. The Labute approximate surface area is 160 Å². The lowest BCUT2D eigenvalue weighted by atomic mass is 9.95. The van der Waals surface area contributed by atoms with Crippen molar-refractivity contribution in [2.24, 2.45) is 5.92 Å². The van der Waals surface area contributed by atoms with E-state index in [-0.39, 0.29) is 5.91 Å². The van der Waals surface area contributed by atoms with E-state index >= 15 is 0 Å². The van der Waals surface area contributed by atoms with Crippen molar-refractivity contribution in [2.45, 2.75) is 76.7 Å². The van der Waals surface area contributed by atoms with E-state index in [0.717, 1.165) is 19.3 Å². The summed E-state index contributed by atoms with van der Waals surface area (Å²) in [6, 6.07) is -0.606. The van der Waals surface area contributed by atoms with Gasteiger partial charge in [-0.3, -0.25) is 14.8 Å². The summed E-state index contributed by atoms with van der Waals surface area (Å²) in [6.07, 6.45) is 5.25. The van der Waals surface area contributed by atoms with E-state index in [2.05, 4.69) is 0 Å². The average Bonchev–Trinajstić information content (AvgIpc) is 3.05. The zero-order chi connectivity index (χ0) is 19.9. The molecule has 0 aliphatic carbocycles. The molecule has 8 heteroatoms. The number of nitrogens with one attached hydrogen (secondary N) is 1. The van der Waals surface area contributed by atoms with Gasteiger partial charge < -0.3 is 9.64 Å². The molecule has 1 rings (SSSR count). The number of carbonyl (C=O) groups excluding carboxylic acids is 3. The van der Waals surface area contributed by atoms with Crippen molar-refractivity contribution in [3.63, 3.8) is 0 Å². The second kappa shape index (κ2) is 10.2. The lowest BCUT2D eigenvalue weighted by Crippen LogP contribution is -2.49. The minimum Gasteiger partial charge on any atom is -0.458 e. The second-order valence-electron chi connectivity index (χ2n) is 7.60. The number of thioether (sulfide) groups is 1. The van der Waals surface area contributed by atoms with Gasteiger partial charge in [0.05, 0.1) is 11.2 Å². The van der Waals surface area contributed by atoms with Gasteiger partial charge in [-0.15, -0.1) is 0 Å². The fourth-order valence-electron chi connectivity index (χ4n) is 3.20. The number of hydrogen-bond acceptors (Lipinski definition) is 6.